The lowest BCUT2D eigenvalue weighted by Crippen LogP contribution is -2.24. The SMILES string of the molecule is O=C(O)COc1cccc(CNC(=O)C2CC2)c1. The molecule has 1 amide bonds. The van der Waals surface area contributed by atoms with E-state index in [-0.39, 0.29) is 18.4 Å². The zero-order valence-corrected chi connectivity index (χ0v) is 9.89. The Labute approximate surface area is 105 Å². The van der Waals surface area contributed by atoms with Crippen molar-refractivity contribution in [2.45, 2.75) is 19.4 Å². The highest BCUT2D eigenvalue weighted by Gasteiger charge is 2.29. The smallest absolute Gasteiger partial charge is 0.341 e. The van der Waals surface area contributed by atoms with Crippen molar-refractivity contribution in [1.29, 1.82) is 0 Å². The molecule has 0 atom stereocenters. The van der Waals surface area contributed by atoms with Crippen LogP contribution >= 0.6 is 0 Å². The van der Waals surface area contributed by atoms with Gasteiger partial charge in [-0.3, -0.25) is 4.79 Å². The molecule has 1 aromatic rings. The van der Waals surface area contributed by atoms with Gasteiger partial charge < -0.3 is 15.2 Å². The van der Waals surface area contributed by atoms with Crippen LogP contribution in [0.3, 0.4) is 0 Å². The summed E-state index contributed by atoms with van der Waals surface area (Å²) in [7, 11) is 0. The minimum atomic E-state index is -1.01. The second-order valence-corrected chi connectivity index (χ2v) is 4.32. The van der Waals surface area contributed by atoms with Crippen LogP contribution < -0.4 is 10.1 Å². The maximum atomic E-state index is 11.5. The van der Waals surface area contributed by atoms with Crippen molar-refractivity contribution in [2.75, 3.05) is 6.61 Å². The first-order valence-corrected chi connectivity index (χ1v) is 5.86. The number of hydrogen-bond donors (Lipinski definition) is 2. The van der Waals surface area contributed by atoms with Crippen LogP contribution in [0.15, 0.2) is 24.3 Å². The molecule has 0 aliphatic heterocycles. The number of benzene rings is 1. The topological polar surface area (TPSA) is 75.6 Å². The van der Waals surface area contributed by atoms with Gasteiger partial charge in [-0.1, -0.05) is 12.1 Å². The molecule has 18 heavy (non-hydrogen) atoms. The number of carbonyl (C=O) groups is 2. The highest BCUT2D eigenvalue weighted by molar-refractivity contribution is 5.80. The van der Waals surface area contributed by atoms with Crippen LogP contribution in [-0.2, 0) is 16.1 Å². The molecule has 0 bridgehead atoms. The van der Waals surface area contributed by atoms with Gasteiger partial charge in [0.25, 0.3) is 0 Å². The number of carbonyl (C=O) groups excluding carboxylic acids is 1. The Morgan fingerprint density at radius 3 is 2.83 bits per heavy atom. The van der Waals surface area contributed by atoms with Crippen molar-refractivity contribution in [1.82, 2.24) is 5.32 Å². The predicted octanol–water partition coefficient (Wildman–Crippen LogP) is 1.18. The summed E-state index contributed by atoms with van der Waals surface area (Å²) >= 11 is 0. The van der Waals surface area contributed by atoms with Crippen molar-refractivity contribution in [3.8, 4) is 5.75 Å². The van der Waals surface area contributed by atoms with E-state index in [0.717, 1.165) is 18.4 Å². The Morgan fingerprint density at radius 1 is 1.39 bits per heavy atom. The molecular formula is C13H15NO4. The summed E-state index contributed by atoms with van der Waals surface area (Å²) in [6.45, 7) is 0.0808. The van der Waals surface area contributed by atoms with E-state index in [9.17, 15) is 9.59 Å². The lowest BCUT2D eigenvalue weighted by atomic mass is 10.2. The number of ether oxygens (including phenoxy) is 1. The van der Waals surface area contributed by atoms with Gasteiger partial charge >= 0.3 is 5.97 Å². The van der Waals surface area contributed by atoms with Gasteiger partial charge in [0.2, 0.25) is 5.91 Å². The van der Waals surface area contributed by atoms with Crippen LogP contribution in [-0.4, -0.2) is 23.6 Å². The molecule has 0 aromatic heterocycles. The minimum absolute atomic E-state index is 0.0897. The van der Waals surface area contributed by atoms with Gasteiger partial charge in [0, 0.05) is 12.5 Å². The van der Waals surface area contributed by atoms with Crippen molar-refractivity contribution in [3.63, 3.8) is 0 Å². The fraction of sp³-hybridized carbons (Fsp3) is 0.385. The summed E-state index contributed by atoms with van der Waals surface area (Å²) in [5.74, 6) is -0.235. The number of hydrogen-bond acceptors (Lipinski definition) is 3. The average molecular weight is 249 g/mol. The summed E-state index contributed by atoms with van der Waals surface area (Å²) in [5, 5.41) is 11.3. The minimum Gasteiger partial charge on any atom is -0.482 e. The molecule has 1 aliphatic carbocycles. The van der Waals surface area contributed by atoms with Crippen LogP contribution in [0.2, 0.25) is 0 Å². The molecular weight excluding hydrogens is 234 g/mol. The lowest BCUT2D eigenvalue weighted by Gasteiger charge is -2.07. The number of carboxylic acid groups (broad SMARTS) is 1. The molecule has 1 aliphatic rings. The van der Waals surface area contributed by atoms with E-state index in [0.29, 0.717) is 12.3 Å². The van der Waals surface area contributed by atoms with E-state index < -0.39 is 5.97 Å². The van der Waals surface area contributed by atoms with Crippen LogP contribution in [0, 0.1) is 5.92 Å². The van der Waals surface area contributed by atoms with E-state index in [1.54, 1.807) is 18.2 Å². The van der Waals surface area contributed by atoms with Gasteiger partial charge in [-0.05, 0) is 30.5 Å². The predicted molar refractivity (Wildman–Crippen MR) is 64.1 cm³/mol. The molecule has 0 radical (unpaired) electrons. The summed E-state index contributed by atoms with van der Waals surface area (Å²) in [4.78, 5) is 21.8. The quantitative estimate of drug-likeness (QED) is 0.793. The highest BCUT2D eigenvalue weighted by atomic mass is 16.5. The molecule has 2 rings (SSSR count). The third kappa shape index (κ3) is 3.76. The molecule has 1 fully saturated rings. The van der Waals surface area contributed by atoms with Gasteiger partial charge in [-0.2, -0.15) is 0 Å². The van der Waals surface area contributed by atoms with E-state index in [1.165, 1.54) is 0 Å². The van der Waals surface area contributed by atoms with E-state index >= 15 is 0 Å². The second-order valence-electron chi connectivity index (χ2n) is 4.32. The number of rotatable bonds is 6. The fourth-order valence-electron chi connectivity index (χ4n) is 1.57. The Bertz CT molecular complexity index is 454. The number of nitrogens with one attached hydrogen (secondary N) is 1. The van der Waals surface area contributed by atoms with Crippen LogP contribution in [0.4, 0.5) is 0 Å². The van der Waals surface area contributed by atoms with Gasteiger partial charge in [0.05, 0.1) is 0 Å². The van der Waals surface area contributed by atoms with Crippen molar-refractivity contribution in [2.24, 2.45) is 5.92 Å². The van der Waals surface area contributed by atoms with Crippen molar-refractivity contribution >= 4 is 11.9 Å². The molecule has 0 heterocycles. The number of aliphatic carboxylic acids is 1. The summed E-state index contributed by atoms with van der Waals surface area (Å²) in [6.07, 6.45) is 1.96. The van der Waals surface area contributed by atoms with E-state index in [1.807, 2.05) is 6.07 Å². The van der Waals surface area contributed by atoms with Crippen molar-refractivity contribution < 1.29 is 19.4 Å². The largest absolute Gasteiger partial charge is 0.482 e. The van der Waals surface area contributed by atoms with E-state index in [4.69, 9.17) is 9.84 Å². The third-order valence-electron chi connectivity index (χ3n) is 2.68. The standard InChI is InChI=1S/C13H15NO4/c15-12(16)8-18-11-3-1-2-9(6-11)7-14-13(17)10-4-5-10/h1-3,6,10H,4-5,7-8H2,(H,14,17)(H,15,16). The second kappa shape index (κ2) is 5.53. The molecule has 1 saturated carbocycles. The number of amides is 1. The molecule has 0 saturated heterocycles. The van der Waals surface area contributed by atoms with Gasteiger partial charge in [0.1, 0.15) is 5.75 Å². The van der Waals surface area contributed by atoms with Gasteiger partial charge in [0.15, 0.2) is 6.61 Å². The molecule has 0 spiro atoms. The molecule has 2 N–H and O–H groups in total. The third-order valence-corrected chi connectivity index (χ3v) is 2.68. The lowest BCUT2D eigenvalue weighted by molar-refractivity contribution is -0.139. The molecule has 0 unspecified atom stereocenters. The molecule has 5 heteroatoms. The first-order valence-electron chi connectivity index (χ1n) is 5.86. The maximum absolute atomic E-state index is 11.5. The van der Waals surface area contributed by atoms with E-state index in [2.05, 4.69) is 5.32 Å². The van der Waals surface area contributed by atoms with Gasteiger partial charge in [-0.25, -0.2) is 4.79 Å². The van der Waals surface area contributed by atoms with Crippen LogP contribution in [0.25, 0.3) is 0 Å². The summed E-state index contributed by atoms with van der Waals surface area (Å²) < 4.78 is 5.06. The monoisotopic (exact) mass is 249 g/mol. The average Bonchev–Trinajstić information content (AvgIpc) is 3.18. The zero-order valence-electron chi connectivity index (χ0n) is 9.89. The zero-order chi connectivity index (χ0) is 13.0. The highest BCUT2D eigenvalue weighted by Crippen LogP contribution is 2.28. The Morgan fingerprint density at radius 2 is 2.17 bits per heavy atom. The maximum Gasteiger partial charge on any atom is 0.341 e. The molecule has 96 valence electrons. The fourth-order valence-corrected chi connectivity index (χ4v) is 1.57. The van der Waals surface area contributed by atoms with Crippen molar-refractivity contribution in [3.05, 3.63) is 29.8 Å². The van der Waals surface area contributed by atoms with Gasteiger partial charge in [-0.15, -0.1) is 0 Å². The first kappa shape index (κ1) is 12.4. The van der Waals surface area contributed by atoms with Crippen LogP contribution in [0.5, 0.6) is 5.75 Å². The molecule has 1 aromatic carbocycles. The van der Waals surface area contributed by atoms with Crippen LogP contribution in [0.1, 0.15) is 18.4 Å². The molecule has 5 nitrogen and oxygen atoms in total. The summed E-state index contributed by atoms with van der Waals surface area (Å²) in [5.41, 5.74) is 0.895. The Hall–Kier alpha value is -2.04. The first-order chi connectivity index (χ1) is 8.65. The Balaban J connectivity index is 1.85. The Kier molecular flexibility index (Phi) is 3.82. The number of carboxylic acids is 1. The summed E-state index contributed by atoms with van der Waals surface area (Å²) in [6, 6.07) is 7.06. The normalized spacial score (nSPS) is 14.0.